The molecule has 0 bridgehead atoms. The van der Waals surface area contributed by atoms with Gasteiger partial charge in [-0.25, -0.2) is 0 Å². The quantitative estimate of drug-likeness (QED) is 0.518. The molecule has 0 radical (unpaired) electrons. The SMILES string of the molecule is CC[Se](=O)O. The van der Waals surface area contributed by atoms with Crippen LogP contribution in [0.15, 0.2) is 0 Å². The molecule has 0 aromatic heterocycles. The molecule has 2 nitrogen and oxygen atoms in total. The monoisotopic (exact) mass is 142 g/mol. The van der Waals surface area contributed by atoms with Crippen molar-refractivity contribution < 1.29 is 8.02 Å². The zero-order valence-corrected chi connectivity index (χ0v) is 4.68. The molecule has 0 spiro atoms. The molecule has 0 aromatic carbocycles. The minimum absolute atomic E-state index is 0.431. The van der Waals surface area contributed by atoms with Crippen molar-refractivity contribution in [1.82, 2.24) is 0 Å². The first kappa shape index (κ1) is 5.28. The molecule has 1 atom stereocenters. The Hall–Kier alpha value is 0.279. The van der Waals surface area contributed by atoms with Crippen LogP contribution in [0.25, 0.3) is 0 Å². The summed E-state index contributed by atoms with van der Waals surface area (Å²) in [7, 11) is 0. The molecular formula is C2H6O2Se. The van der Waals surface area contributed by atoms with Gasteiger partial charge in [0.15, 0.2) is 0 Å². The summed E-state index contributed by atoms with van der Waals surface area (Å²) in [5.74, 6) is 0. The van der Waals surface area contributed by atoms with Gasteiger partial charge in [-0.2, -0.15) is 0 Å². The van der Waals surface area contributed by atoms with Gasteiger partial charge in [0.1, 0.15) is 0 Å². The van der Waals surface area contributed by atoms with E-state index < -0.39 is 14.2 Å². The summed E-state index contributed by atoms with van der Waals surface area (Å²) in [4.78, 5) is 0. The van der Waals surface area contributed by atoms with Gasteiger partial charge in [-0.05, 0) is 0 Å². The Morgan fingerprint density at radius 1 is 2.00 bits per heavy atom. The molecule has 32 valence electrons. The molecule has 0 saturated heterocycles. The average molecular weight is 141 g/mol. The molecule has 0 aliphatic rings. The first-order valence-corrected chi connectivity index (χ1v) is 4.02. The Balaban J connectivity index is 2.85. The van der Waals surface area contributed by atoms with Gasteiger partial charge in [-0.3, -0.25) is 0 Å². The van der Waals surface area contributed by atoms with E-state index in [-0.39, 0.29) is 0 Å². The van der Waals surface area contributed by atoms with Crippen LogP contribution in [0, 0.1) is 0 Å². The van der Waals surface area contributed by atoms with Crippen LogP contribution in [0.3, 0.4) is 0 Å². The second-order valence-corrected chi connectivity index (χ2v) is 3.17. The molecule has 1 unspecified atom stereocenters. The molecule has 1 N–H and O–H groups in total. The summed E-state index contributed by atoms with van der Waals surface area (Å²) >= 11 is -2.30. The van der Waals surface area contributed by atoms with Gasteiger partial charge < -0.3 is 0 Å². The van der Waals surface area contributed by atoms with Crippen molar-refractivity contribution in [2.24, 2.45) is 0 Å². The van der Waals surface area contributed by atoms with Gasteiger partial charge in [0.25, 0.3) is 0 Å². The van der Waals surface area contributed by atoms with Crippen LogP contribution in [0.4, 0.5) is 0 Å². The summed E-state index contributed by atoms with van der Waals surface area (Å²) < 4.78 is 17.5. The van der Waals surface area contributed by atoms with E-state index in [9.17, 15) is 3.83 Å². The molecule has 5 heavy (non-hydrogen) atoms. The number of hydrogen-bond donors (Lipinski definition) is 1. The van der Waals surface area contributed by atoms with Crippen molar-refractivity contribution in [3.05, 3.63) is 0 Å². The Bertz CT molecular complexity index is 42.9. The summed E-state index contributed by atoms with van der Waals surface area (Å²) in [5.41, 5.74) is 0. The van der Waals surface area contributed by atoms with Crippen LogP contribution in [0.5, 0.6) is 0 Å². The summed E-state index contributed by atoms with van der Waals surface area (Å²) in [6, 6.07) is 0. The predicted octanol–water partition coefficient (Wildman–Crippen LogP) is -0.0827. The van der Waals surface area contributed by atoms with E-state index in [0.717, 1.165) is 0 Å². The van der Waals surface area contributed by atoms with Crippen LogP contribution < -0.4 is 0 Å². The van der Waals surface area contributed by atoms with Crippen molar-refractivity contribution in [3.8, 4) is 0 Å². The zero-order chi connectivity index (χ0) is 4.28. The number of hydrogen-bond acceptors (Lipinski definition) is 1. The predicted molar refractivity (Wildman–Crippen MR) is 19.1 cm³/mol. The third kappa shape index (κ3) is 4.28. The normalized spacial score (nSPS) is 14.8. The van der Waals surface area contributed by atoms with E-state index in [4.69, 9.17) is 4.19 Å². The second kappa shape index (κ2) is 2.51. The average Bonchev–Trinajstić information content (AvgIpc) is 1.38. The van der Waals surface area contributed by atoms with Crippen molar-refractivity contribution in [2.75, 3.05) is 0 Å². The Labute approximate surface area is 35.2 Å². The number of rotatable bonds is 1. The molecule has 0 heterocycles. The molecule has 3 heteroatoms. The summed E-state index contributed by atoms with van der Waals surface area (Å²) in [6.45, 7) is 1.69. The fraction of sp³-hybridized carbons (Fsp3) is 1.00. The van der Waals surface area contributed by atoms with Crippen LogP contribution in [0.2, 0.25) is 5.32 Å². The van der Waals surface area contributed by atoms with Crippen LogP contribution in [-0.2, 0) is 3.83 Å². The second-order valence-electron chi connectivity index (χ2n) is 0.610. The maximum atomic E-state index is 9.58. The molecule has 0 aliphatic carbocycles. The van der Waals surface area contributed by atoms with Gasteiger partial charge in [0.2, 0.25) is 0 Å². The standard InChI is InChI=1S/C2H6O2Se/c1-2-5(3)4/h2H2,1H3,(H,3,4). The molecule has 0 aliphatic heterocycles. The molecule has 0 fully saturated rings. The van der Waals surface area contributed by atoms with Gasteiger partial charge in [-0.15, -0.1) is 0 Å². The summed E-state index contributed by atoms with van der Waals surface area (Å²) in [6.07, 6.45) is 0. The van der Waals surface area contributed by atoms with Gasteiger partial charge in [0.05, 0.1) is 0 Å². The zero-order valence-electron chi connectivity index (χ0n) is 2.97. The van der Waals surface area contributed by atoms with Gasteiger partial charge in [-0.1, -0.05) is 0 Å². The van der Waals surface area contributed by atoms with Crippen LogP contribution in [0.1, 0.15) is 6.92 Å². The first-order valence-electron chi connectivity index (χ1n) is 1.35. The Morgan fingerprint density at radius 2 is 2.20 bits per heavy atom. The topological polar surface area (TPSA) is 37.3 Å². The molecule has 0 amide bonds. The van der Waals surface area contributed by atoms with E-state index >= 15 is 0 Å². The Morgan fingerprint density at radius 3 is 2.20 bits per heavy atom. The van der Waals surface area contributed by atoms with Crippen molar-refractivity contribution >= 4 is 14.2 Å². The van der Waals surface area contributed by atoms with E-state index in [1.807, 2.05) is 0 Å². The van der Waals surface area contributed by atoms with Crippen LogP contribution >= 0.6 is 0 Å². The van der Waals surface area contributed by atoms with E-state index in [2.05, 4.69) is 0 Å². The fourth-order valence-electron chi connectivity index (χ4n) is 0. The van der Waals surface area contributed by atoms with E-state index in [0.29, 0.717) is 5.32 Å². The maximum absolute atomic E-state index is 9.58. The minimum atomic E-state index is -2.30. The van der Waals surface area contributed by atoms with Crippen molar-refractivity contribution in [1.29, 1.82) is 0 Å². The molecule has 0 aromatic rings. The van der Waals surface area contributed by atoms with E-state index in [1.165, 1.54) is 0 Å². The summed E-state index contributed by atoms with van der Waals surface area (Å²) in [5, 5.41) is 0.431. The Kier molecular flexibility index (Phi) is 2.65. The van der Waals surface area contributed by atoms with Gasteiger partial charge >= 0.3 is 34.4 Å². The van der Waals surface area contributed by atoms with Crippen molar-refractivity contribution in [2.45, 2.75) is 12.2 Å². The fourth-order valence-corrected chi connectivity index (χ4v) is 0. The third-order valence-corrected chi connectivity index (χ3v) is 1.28. The van der Waals surface area contributed by atoms with Gasteiger partial charge in [0, 0.05) is 0 Å². The van der Waals surface area contributed by atoms with E-state index in [1.54, 1.807) is 6.92 Å². The molecular weight excluding hydrogens is 135 g/mol. The van der Waals surface area contributed by atoms with Crippen molar-refractivity contribution in [3.63, 3.8) is 0 Å². The molecule has 0 saturated carbocycles. The van der Waals surface area contributed by atoms with Crippen LogP contribution in [-0.4, -0.2) is 18.4 Å². The first-order chi connectivity index (χ1) is 2.27. The molecule has 0 rings (SSSR count). The third-order valence-electron chi connectivity index (χ3n) is 0.247.